The molecule has 0 unspecified atom stereocenters. The van der Waals surface area contributed by atoms with Gasteiger partial charge in [0.2, 0.25) is 11.8 Å². The fraction of sp³-hybridized carbons (Fsp3) is 0.318. The molecule has 2 saturated carbocycles. The van der Waals surface area contributed by atoms with E-state index in [0.29, 0.717) is 22.4 Å². The SMILES string of the molecule is O=C(Oc1ccccc1N1C(=O)[C@@H]2[C@H]3C=C[C@@H]([C@@H]4C[C@@H]34)[C@H]2C1=O)c1cccs1. The molecular formula is C22H17NO4S. The van der Waals surface area contributed by atoms with Gasteiger partial charge in [0.15, 0.2) is 5.75 Å². The fourth-order valence-corrected chi connectivity index (χ4v) is 6.07. The van der Waals surface area contributed by atoms with Crippen molar-refractivity contribution in [2.24, 2.45) is 35.5 Å². The lowest BCUT2D eigenvalue weighted by atomic mass is 9.63. The highest BCUT2D eigenvalue weighted by molar-refractivity contribution is 7.12. The van der Waals surface area contributed by atoms with E-state index in [1.165, 1.54) is 16.2 Å². The summed E-state index contributed by atoms with van der Waals surface area (Å²) in [7, 11) is 0. The van der Waals surface area contributed by atoms with Crippen LogP contribution in [0.2, 0.25) is 0 Å². The molecule has 1 aliphatic heterocycles. The van der Waals surface area contributed by atoms with Crippen LogP contribution in [0.1, 0.15) is 16.1 Å². The Bertz CT molecular complexity index is 1010. The number of nitrogens with zero attached hydrogens (tertiary/aromatic N) is 1. The van der Waals surface area contributed by atoms with Crippen molar-refractivity contribution in [1.29, 1.82) is 0 Å². The average Bonchev–Trinajstić information content (AvgIpc) is 3.27. The second-order valence-electron chi connectivity index (χ2n) is 8.00. The molecule has 2 heterocycles. The van der Waals surface area contributed by atoms with Gasteiger partial charge in [-0.15, -0.1) is 11.3 Å². The summed E-state index contributed by atoms with van der Waals surface area (Å²) < 4.78 is 5.56. The zero-order valence-corrected chi connectivity index (χ0v) is 15.7. The normalized spacial score (nSPS) is 34.4. The number of allylic oxidation sites excluding steroid dienone is 2. The third-order valence-corrected chi connectivity index (χ3v) is 7.54. The van der Waals surface area contributed by atoms with Crippen molar-refractivity contribution in [1.82, 2.24) is 0 Å². The predicted octanol–water partition coefficient (Wildman–Crippen LogP) is 3.52. The van der Waals surface area contributed by atoms with Gasteiger partial charge in [0, 0.05) is 0 Å². The minimum absolute atomic E-state index is 0.153. The molecule has 0 spiro atoms. The number of anilines is 1. The molecular weight excluding hydrogens is 374 g/mol. The first-order valence-corrected chi connectivity index (χ1v) is 10.4. The molecule has 1 aromatic heterocycles. The average molecular weight is 391 g/mol. The second kappa shape index (κ2) is 5.64. The molecule has 1 saturated heterocycles. The van der Waals surface area contributed by atoms with Crippen LogP contribution in [-0.2, 0) is 9.59 Å². The second-order valence-corrected chi connectivity index (χ2v) is 8.95. The minimum atomic E-state index is -0.484. The highest BCUT2D eigenvalue weighted by Gasteiger charge is 2.67. The third kappa shape index (κ3) is 2.09. The smallest absolute Gasteiger partial charge is 0.353 e. The van der Waals surface area contributed by atoms with Crippen molar-refractivity contribution in [2.75, 3.05) is 4.90 Å². The van der Waals surface area contributed by atoms with Gasteiger partial charge in [-0.1, -0.05) is 30.4 Å². The van der Waals surface area contributed by atoms with Gasteiger partial charge in [-0.2, -0.15) is 0 Å². The van der Waals surface area contributed by atoms with E-state index < -0.39 is 5.97 Å². The number of hydrogen-bond acceptors (Lipinski definition) is 5. The number of ether oxygens (including phenoxy) is 1. The van der Waals surface area contributed by atoms with Crippen molar-refractivity contribution < 1.29 is 19.1 Å². The molecule has 0 N–H and O–H groups in total. The van der Waals surface area contributed by atoms with E-state index in [-0.39, 0.29) is 41.2 Å². The maximum atomic E-state index is 13.3. The number of rotatable bonds is 3. The Hall–Kier alpha value is -2.73. The number of thiophene rings is 1. The van der Waals surface area contributed by atoms with Gasteiger partial charge in [0.1, 0.15) is 4.88 Å². The van der Waals surface area contributed by atoms with Crippen molar-refractivity contribution in [3.63, 3.8) is 0 Å². The first kappa shape index (κ1) is 16.2. The summed E-state index contributed by atoms with van der Waals surface area (Å²) in [5, 5.41) is 1.80. The lowest BCUT2D eigenvalue weighted by Crippen LogP contribution is -2.40. The maximum Gasteiger partial charge on any atom is 0.353 e. The first-order chi connectivity index (χ1) is 13.6. The van der Waals surface area contributed by atoms with E-state index in [2.05, 4.69) is 12.2 Å². The molecule has 2 amide bonds. The van der Waals surface area contributed by atoms with E-state index in [0.717, 1.165) is 6.42 Å². The molecule has 140 valence electrons. The Kier molecular flexibility index (Phi) is 3.27. The molecule has 4 aliphatic carbocycles. The topological polar surface area (TPSA) is 63.7 Å². The van der Waals surface area contributed by atoms with Crippen molar-refractivity contribution in [3.05, 3.63) is 58.8 Å². The molecule has 2 aromatic rings. The Balaban J connectivity index is 1.36. The maximum absolute atomic E-state index is 13.3. The Morgan fingerprint density at radius 2 is 1.64 bits per heavy atom. The van der Waals surface area contributed by atoms with Gasteiger partial charge < -0.3 is 4.74 Å². The number of para-hydroxylation sites is 2. The van der Waals surface area contributed by atoms with E-state index in [1.54, 1.807) is 41.8 Å². The van der Waals surface area contributed by atoms with Gasteiger partial charge in [-0.05, 0) is 53.7 Å². The number of amides is 2. The van der Waals surface area contributed by atoms with Crippen LogP contribution >= 0.6 is 11.3 Å². The van der Waals surface area contributed by atoms with Crippen LogP contribution in [0.15, 0.2) is 53.9 Å². The quantitative estimate of drug-likeness (QED) is 0.348. The summed E-state index contributed by atoms with van der Waals surface area (Å²) in [6.07, 6.45) is 5.43. The number of carbonyl (C=O) groups is 3. The van der Waals surface area contributed by atoms with Crippen LogP contribution in [0.5, 0.6) is 5.75 Å². The van der Waals surface area contributed by atoms with Crippen LogP contribution in [0, 0.1) is 35.5 Å². The lowest BCUT2D eigenvalue weighted by Gasteiger charge is -2.37. The van der Waals surface area contributed by atoms with E-state index in [4.69, 9.17) is 4.74 Å². The van der Waals surface area contributed by atoms with Gasteiger partial charge in [0.25, 0.3) is 0 Å². The Morgan fingerprint density at radius 1 is 0.964 bits per heavy atom. The molecule has 6 atom stereocenters. The number of carbonyl (C=O) groups excluding carboxylic acids is 3. The van der Waals surface area contributed by atoms with Gasteiger partial charge >= 0.3 is 5.97 Å². The van der Waals surface area contributed by atoms with Gasteiger partial charge in [0.05, 0.1) is 17.5 Å². The molecule has 0 radical (unpaired) electrons. The summed E-state index contributed by atoms with van der Waals surface area (Å²) in [4.78, 5) is 40.8. The summed E-state index contributed by atoms with van der Waals surface area (Å²) in [5.41, 5.74) is 0.366. The van der Waals surface area contributed by atoms with E-state index in [1.807, 2.05) is 0 Å². The van der Waals surface area contributed by atoms with Crippen molar-refractivity contribution in [3.8, 4) is 5.75 Å². The standard InChI is InChI=1S/C22H17NO4S/c24-20-18-11-7-8-12(14-10-13(11)14)19(18)21(25)23(20)15-4-1-2-5-16(15)27-22(26)17-6-3-9-28-17/h1-9,11-14,18-19H,10H2/t11-,12-,13-,14-,18+,19+/m0/s1. The molecule has 6 heteroatoms. The summed E-state index contributed by atoms with van der Waals surface area (Å²) in [6.45, 7) is 0. The van der Waals surface area contributed by atoms with Crippen LogP contribution in [-0.4, -0.2) is 17.8 Å². The van der Waals surface area contributed by atoms with Gasteiger partial charge in [-0.3, -0.25) is 9.59 Å². The molecule has 3 fully saturated rings. The van der Waals surface area contributed by atoms with Crippen LogP contribution < -0.4 is 9.64 Å². The van der Waals surface area contributed by atoms with E-state index >= 15 is 0 Å². The van der Waals surface area contributed by atoms with Gasteiger partial charge in [-0.25, -0.2) is 9.69 Å². The minimum Gasteiger partial charge on any atom is -0.420 e. The van der Waals surface area contributed by atoms with Crippen LogP contribution in [0.25, 0.3) is 0 Å². The third-order valence-electron chi connectivity index (χ3n) is 6.69. The molecule has 28 heavy (non-hydrogen) atoms. The zero-order valence-electron chi connectivity index (χ0n) is 14.9. The fourth-order valence-electron chi connectivity index (χ4n) is 5.47. The Labute approximate surface area is 165 Å². The highest BCUT2D eigenvalue weighted by Crippen LogP contribution is 2.65. The Morgan fingerprint density at radius 3 is 2.29 bits per heavy atom. The predicted molar refractivity (Wildman–Crippen MR) is 103 cm³/mol. The van der Waals surface area contributed by atoms with E-state index in [9.17, 15) is 14.4 Å². The summed E-state index contributed by atoms with van der Waals surface area (Å²) >= 11 is 1.29. The molecule has 2 bridgehead atoms. The first-order valence-electron chi connectivity index (χ1n) is 9.56. The molecule has 1 aromatic carbocycles. The van der Waals surface area contributed by atoms with Crippen LogP contribution in [0.4, 0.5) is 5.69 Å². The van der Waals surface area contributed by atoms with Crippen LogP contribution in [0.3, 0.4) is 0 Å². The summed E-state index contributed by atoms with van der Waals surface area (Å²) in [5.74, 6) is 0.358. The molecule has 5 nitrogen and oxygen atoms in total. The zero-order chi connectivity index (χ0) is 19.0. The number of esters is 1. The number of hydrogen-bond donors (Lipinski definition) is 0. The monoisotopic (exact) mass is 391 g/mol. The van der Waals surface area contributed by atoms with Crippen molar-refractivity contribution in [2.45, 2.75) is 6.42 Å². The summed E-state index contributed by atoms with van der Waals surface area (Å²) in [6, 6.07) is 10.3. The van der Waals surface area contributed by atoms with Crippen molar-refractivity contribution >= 4 is 34.8 Å². The largest absolute Gasteiger partial charge is 0.420 e. The number of imide groups is 1. The molecule has 7 rings (SSSR count). The number of benzene rings is 1. The highest BCUT2D eigenvalue weighted by atomic mass is 32.1. The lowest BCUT2D eigenvalue weighted by molar-refractivity contribution is -0.124. The molecule has 5 aliphatic rings.